The first-order valence-electron chi connectivity index (χ1n) is 6.59. The highest BCUT2D eigenvalue weighted by Crippen LogP contribution is 2.28. The van der Waals surface area contributed by atoms with Crippen LogP contribution < -0.4 is 5.73 Å². The molecule has 0 spiro atoms. The van der Waals surface area contributed by atoms with Crippen LogP contribution in [0.25, 0.3) is 21.9 Å². The number of hydrogen-bond acceptors (Lipinski definition) is 4. The molecule has 0 radical (unpaired) electrons. The fraction of sp³-hybridized carbons (Fsp3) is 0. The van der Waals surface area contributed by atoms with Crippen molar-refractivity contribution in [2.45, 2.75) is 0 Å². The van der Waals surface area contributed by atoms with Crippen molar-refractivity contribution in [1.29, 1.82) is 0 Å². The lowest BCUT2D eigenvalue weighted by Crippen LogP contribution is -2.12. The molecular formula is C16H10BrN3O2. The van der Waals surface area contributed by atoms with Gasteiger partial charge in [0, 0.05) is 20.9 Å². The maximum atomic E-state index is 12.6. The molecule has 2 aromatic carbocycles. The van der Waals surface area contributed by atoms with Crippen molar-refractivity contribution in [2.24, 2.45) is 0 Å². The van der Waals surface area contributed by atoms with E-state index in [9.17, 15) is 4.79 Å². The van der Waals surface area contributed by atoms with Gasteiger partial charge in [-0.1, -0.05) is 22.0 Å². The number of furan rings is 1. The molecule has 0 saturated carbocycles. The van der Waals surface area contributed by atoms with E-state index in [0.717, 1.165) is 15.2 Å². The fourth-order valence-corrected chi connectivity index (χ4v) is 2.91. The summed E-state index contributed by atoms with van der Waals surface area (Å²) < 4.78 is 7.84. The van der Waals surface area contributed by atoms with Crippen molar-refractivity contribution in [3.63, 3.8) is 0 Å². The van der Waals surface area contributed by atoms with Gasteiger partial charge >= 0.3 is 5.91 Å². The summed E-state index contributed by atoms with van der Waals surface area (Å²) in [5, 5.41) is 5.81. The molecule has 0 atom stereocenters. The van der Waals surface area contributed by atoms with Gasteiger partial charge in [0.2, 0.25) is 0 Å². The Kier molecular flexibility index (Phi) is 2.80. The number of nitrogens with two attached hydrogens (primary N) is 1. The van der Waals surface area contributed by atoms with Crippen LogP contribution in [0.3, 0.4) is 0 Å². The predicted octanol–water partition coefficient (Wildman–Crippen LogP) is 3.82. The molecule has 2 heterocycles. The van der Waals surface area contributed by atoms with Gasteiger partial charge in [-0.25, -0.2) is 0 Å². The SMILES string of the molecule is Nc1ccc2c(cnn2C(=O)c2cc3c(Br)cccc3o2)c1. The summed E-state index contributed by atoms with van der Waals surface area (Å²) in [4.78, 5) is 12.6. The normalized spacial score (nSPS) is 11.3. The Bertz CT molecular complexity index is 1030. The summed E-state index contributed by atoms with van der Waals surface area (Å²) in [6.45, 7) is 0. The predicted molar refractivity (Wildman–Crippen MR) is 87.8 cm³/mol. The van der Waals surface area contributed by atoms with Crippen LogP contribution >= 0.6 is 15.9 Å². The maximum Gasteiger partial charge on any atom is 0.314 e. The summed E-state index contributed by atoms with van der Waals surface area (Å²) in [6, 6.07) is 12.6. The number of carbonyl (C=O) groups is 1. The van der Waals surface area contributed by atoms with E-state index in [2.05, 4.69) is 21.0 Å². The van der Waals surface area contributed by atoms with Gasteiger partial charge in [-0.05, 0) is 36.4 Å². The maximum absolute atomic E-state index is 12.6. The van der Waals surface area contributed by atoms with E-state index in [0.29, 0.717) is 16.8 Å². The summed E-state index contributed by atoms with van der Waals surface area (Å²) in [5.74, 6) is -0.0772. The first kappa shape index (κ1) is 13.1. The minimum atomic E-state index is -0.317. The van der Waals surface area contributed by atoms with Crippen LogP contribution in [-0.2, 0) is 0 Å². The number of anilines is 1. The van der Waals surface area contributed by atoms with Crippen molar-refractivity contribution >= 4 is 49.4 Å². The Morgan fingerprint density at radius 1 is 1.23 bits per heavy atom. The zero-order valence-electron chi connectivity index (χ0n) is 11.3. The lowest BCUT2D eigenvalue weighted by molar-refractivity contribution is 0.0925. The topological polar surface area (TPSA) is 74.0 Å². The second kappa shape index (κ2) is 4.71. The van der Waals surface area contributed by atoms with E-state index in [1.807, 2.05) is 18.2 Å². The van der Waals surface area contributed by atoms with Crippen molar-refractivity contribution < 1.29 is 9.21 Å². The van der Waals surface area contributed by atoms with Gasteiger partial charge in [0.15, 0.2) is 5.76 Å². The zero-order valence-corrected chi connectivity index (χ0v) is 12.9. The van der Waals surface area contributed by atoms with Gasteiger partial charge < -0.3 is 10.2 Å². The molecule has 0 aliphatic heterocycles. The minimum Gasteiger partial charge on any atom is -0.451 e. The second-order valence-electron chi connectivity index (χ2n) is 4.94. The van der Waals surface area contributed by atoms with E-state index in [1.54, 1.807) is 30.5 Å². The molecule has 2 aromatic heterocycles. The standard InChI is InChI=1S/C16H10BrN3O2/c17-12-2-1-3-14-11(12)7-15(22-14)16(21)20-13-5-4-10(18)6-9(13)8-19-20/h1-8H,18H2. The summed E-state index contributed by atoms with van der Waals surface area (Å²) in [6.07, 6.45) is 1.61. The van der Waals surface area contributed by atoms with Gasteiger partial charge in [0.05, 0.1) is 11.7 Å². The third kappa shape index (κ3) is 1.92. The monoisotopic (exact) mass is 355 g/mol. The van der Waals surface area contributed by atoms with Crippen molar-refractivity contribution in [1.82, 2.24) is 9.78 Å². The van der Waals surface area contributed by atoms with E-state index in [-0.39, 0.29) is 11.7 Å². The Morgan fingerprint density at radius 2 is 2.09 bits per heavy atom. The third-order valence-electron chi connectivity index (χ3n) is 3.50. The molecule has 22 heavy (non-hydrogen) atoms. The summed E-state index contributed by atoms with van der Waals surface area (Å²) >= 11 is 3.45. The van der Waals surface area contributed by atoms with Gasteiger partial charge in [-0.2, -0.15) is 9.78 Å². The molecule has 108 valence electrons. The second-order valence-corrected chi connectivity index (χ2v) is 5.80. The van der Waals surface area contributed by atoms with Gasteiger partial charge in [-0.15, -0.1) is 0 Å². The van der Waals surface area contributed by atoms with Crippen LogP contribution in [0, 0.1) is 0 Å². The number of rotatable bonds is 1. The van der Waals surface area contributed by atoms with Crippen LogP contribution in [0.2, 0.25) is 0 Å². The number of fused-ring (bicyclic) bond motifs is 2. The quantitative estimate of drug-likeness (QED) is 0.526. The highest BCUT2D eigenvalue weighted by atomic mass is 79.9. The van der Waals surface area contributed by atoms with Crippen LogP contribution in [0.5, 0.6) is 0 Å². The molecule has 0 bridgehead atoms. The molecule has 0 fully saturated rings. The molecular weight excluding hydrogens is 346 g/mol. The lowest BCUT2D eigenvalue weighted by Gasteiger charge is -1.99. The fourth-order valence-electron chi connectivity index (χ4n) is 2.45. The number of halogens is 1. The van der Waals surface area contributed by atoms with Crippen LogP contribution in [0.4, 0.5) is 5.69 Å². The van der Waals surface area contributed by atoms with Gasteiger partial charge in [0.25, 0.3) is 0 Å². The molecule has 0 aliphatic carbocycles. The van der Waals surface area contributed by atoms with E-state index >= 15 is 0 Å². The third-order valence-corrected chi connectivity index (χ3v) is 4.19. The van der Waals surface area contributed by atoms with Crippen LogP contribution in [0.15, 0.2) is 57.6 Å². The number of carbonyl (C=O) groups excluding carboxylic acids is 1. The number of nitrogen functional groups attached to an aromatic ring is 1. The average molecular weight is 356 g/mol. The summed E-state index contributed by atoms with van der Waals surface area (Å²) in [5.41, 5.74) is 7.72. The van der Waals surface area contributed by atoms with Crippen molar-refractivity contribution in [2.75, 3.05) is 5.73 Å². The van der Waals surface area contributed by atoms with Gasteiger partial charge in [-0.3, -0.25) is 4.79 Å². The van der Waals surface area contributed by atoms with Crippen molar-refractivity contribution in [3.8, 4) is 0 Å². The Balaban J connectivity index is 1.86. The van der Waals surface area contributed by atoms with Crippen molar-refractivity contribution in [3.05, 3.63) is 58.9 Å². The number of nitrogens with zero attached hydrogens (tertiary/aromatic N) is 2. The van der Waals surface area contributed by atoms with E-state index < -0.39 is 0 Å². The summed E-state index contributed by atoms with van der Waals surface area (Å²) in [7, 11) is 0. The minimum absolute atomic E-state index is 0.240. The Labute approximate surface area is 133 Å². The molecule has 2 N–H and O–H groups in total. The Morgan fingerprint density at radius 3 is 2.91 bits per heavy atom. The highest BCUT2D eigenvalue weighted by molar-refractivity contribution is 9.10. The van der Waals surface area contributed by atoms with E-state index in [1.165, 1.54) is 4.68 Å². The number of aromatic nitrogens is 2. The lowest BCUT2D eigenvalue weighted by atomic mass is 10.2. The number of benzene rings is 2. The van der Waals surface area contributed by atoms with E-state index in [4.69, 9.17) is 10.2 Å². The molecule has 4 aromatic rings. The smallest absolute Gasteiger partial charge is 0.314 e. The zero-order chi connectivity index (χ0) is 15.3. The molecule has 4 rings (SSSR count). The first-order chi connectivity index (χ1) is 10.6. The molecule has 5 nitrogen and oxygen atoms in total. The van der Waals surface area contributed by atoms with Crippen LogP contribution in [0.1, 0.15) is 10.6 Å². The molecule has 0 aliphatic rings. The molecule has 6 heteroatoms. The van der Waals surface area contributed by atoms with Gasteiger partial charge in [0.1, 0.15) is 5.58 Å². The molecule has 0 saturated heterocycles. The first-order valence-corrected chi connectivity index (χ1v) is 7.39. The number of hydrogen-bond donors (Lipinski definition) is 1. The van der Waals surface area contributed by atoms with Crippen LogP contribution in [-0.4, -0.2) is 15.7 Å². The highest BCUT2D eigenvalue weighted by Gasteiger charge is 2.18. The Hall–Kier alpha value is -2.60. The average Bonchev–Trinajstić information content (AvgIpc) is 3.10. The molecule has 0 unspecified atom stereocenters. The largest absolute Gasteiger partial charge is 0.451 e. The molecule has 0 amide bonds.